The molecular weight excluding hydrogens is 340 g/mol. The lowest BCUT2D eigenvalue weighted by Crippen LogP contribution is -2.43. The fourth-order valence-corrected chi connectivity index (χ4v) is 6.74. The standard InChI is InChI=1S/C26H22Si/c1-5-13-22(14-6-1)21-26(23-15-7-2-8-16-23)27(24-17-9-3-10-18-24)25-19-11-4-12-20-25/h1-21,27H/b26-21+. The molecule has 4 rings (SSSR count). The lowest BCUT2D eigenvalue weighted by atomic mass is 10.1. The molecule has 0 heterocycles. The summed E-state index contributed by atoms with van der Waals surface area (Å²) in [6.07, 6.45) is 2.38. The predicted octanol–water partition coefficient (Wildman–Crippen LogP) is 4.81. The van der Waals surface area contributed by atoms with Crippen LogP contribution in [0.15, 0.2) is 121 Å². The van der Waals surface area contributed by atoms with E-state index in [1.54, 1.807) is 0 Å². The summed E-state index contributed by atoms with van der Waals surface area (Å²) < 4.78 is 0. The Hall–Kier alpha value is -3.16. The molecule has 0 spiro atoms. The van der Waals surface area contributed by atoms with E-state index in [1.165, 1.54) is 26.7 Å². The highest BCUT2D eigenvalue weighted by molar-refractivity contribution is 7.00. The Morgan fingerprint density at radius 1 is 0.481 bits per heavy atom. The summed E-state index contributed by atoms with van der Waals surface area (Å²) in [5.74, 6) is 0. The van der Waals surface area contributed by atoms with Crippen molar-refractivity contribution in [2.75, 3.05) is 0 Å². The normalized spacial score (nSPS) is 11.5. The zero-order valence-electron chi connectivity index (χ0n) is 15.2. The third-order valence-electron chi connectivity index (χ3n) is 4.81. The van der Waals surface area contributed by atoms with Gasteiger partial charge in [-0.2, -0.15) is 0 Å². The van der Waals surface area contributed by atoms with E-state index in [0.29, 0.717) is 0 Å². The molecule has 130 valence electrons. The molecule has 0 N–H and O–H groups in total. The largest absolute Gasteiger partial charge is 0.133 e. The number of rotatable bonds is 5. The summed E-state index contributed by atoms with van der Waals surface area (Å²) in [4.78, 5) is 0. The van der Waals surface area contributed by atoms with Gasteiger partial charge in [-0.05, 0) is 16.3 Å². The molecule has 0 bridgehead atoms. The molecule has 0 amide bonds. The van der Waals surface area contributed by atoms with E-state index in [1.807, 2.05) is 0 Å². The lowest BCUT2D eigenvalue weighted by Gasteiger charge is -2.21. The van der Waals surface area contributed by atoms with Gasteiger partial charge in [0.15, 0.2) is 0 Å². The minimum Gasteiger partial charge on any atom is -0.0625 e. The van der Waals surface area contributed by atoms with E-state index in [2.05, 4.69) is 127 Å². The van der Waals surface area contributed by atoms with Crippen LogP contribution in [0.1, 0.15) is 11.1 Å². The van der Waals surface area contributed by atoms with Crippen LogP contribution < -0.4 is 10.4 Å². The van der Waals surface area contributed by atoms with Crippen molar-refractivity contribution in [3.05, 3.63) is 132 Å². The van der Waals surface area contributed by atoms with Gasteiger partial charge in [-0.25, -0.2) is 0 Å². The fourth-order valence-electron chi connectivity index (χ4n) is 3.54. The first-order chi connectivity index (χ1) is 13.4. The zero-order valence-corrected chi connectivity index (χ0v) is 16.4. The van der Waals surface area contributed by atoms with E-state index in [-0.39, 0.29) is 0 Å². The van der Waals surface area contributed by atoms with Crippen LogP contribution in [0.25, 0.3) is 11.3 Å². The van der Waals surface area contributed by atoms with Gasteiger partial charge in [0.1, 0.15) is 8.80 Å². The summed E-state index contributed by atoms with van der Waals surface area (Å²) in [7, 11) is -1.60. The third kappa shape index (κ3) is 4.16. The first-order valence-electron chi connectivity index (χ1n) is 9.34. The number of hydrogen-bond donors (Lipinski definition) is 0. The van der Waals surface area contributed by atoms with Gasteiger partial charge in [0.25, 0.3) is 0 Å². The Balaban J connectivity index is 1.93. The Kier molecular flexibility index (Phi) is 5.42. The maximum absolute atomic E-state index is 2.38. The molecule has 0 aliphatic carbocycles. The predicted molar refractivity (Wildman–Crippen MR) is 120 cm³/mol. The van der Waals surface area contributed by atoms with E-state index in [9.17, 15) is 0 Å². The average Bonchev–Trinajstić information content (AvgIpc) is 2.76. The van der Waals surface area contributed by atoms with Gasteiger partial charge < -0.3 is 0 Å². The van der Waals surface area contributed by atoms with E-state index in [0.717, 1.165) is 0 Å². The van der Waals surface area contributed by atoms with Crippen LogP contribution in [-0.4, -0.2) is 8.80 Å². The molecule has 0 aromatic heterocycles. The van der Waals surface area contributed by atoms with Crippen molar-refractivity contribution >= 4 is 30.4 Å². The van der Waals surface area contributed by atoms with Crippen molar-refractivity contribution in [3.63, 3.8) is 0 Å². The fraction of sp³-hybridized carbons (Fsp3) is 0. The lowest BCUT2D eigenvalue weighted by molar-refractivity contribution is 1.63. The molecule has 1 heteroatoms. The van der Waals surface area contributed by atoms with Crippen molar-refractivity contribution in [3.8, 4) is 0 Å². The van der Waals surface area contributed by atoms with Crippen molar-refractivity contribution in [1.82, 2.24) is 0 Å². The van der Waals surface area contributed by atoms with Crippen LogP contribution in [-0.2, 0) is 0 Å². The van der Waals surface area contributed by atoms with Crippen molar-refractivity contribution in [2.45, 2.75) is 0 Å². The van der Waals surface area contributed by atoms with Gasteiger partial charge in [0, 0.05) is 0 Å². The molecule has 4 aromatic rings. The number of hydrogen-bond acceptors (Lipinski definition) is 0. The quantitative estimate of drug-likeness (QED) is 0.353. The monoisotopic (exact) mass is 362 g/mol. The molecule has 0 fully saturated rings. The molecular formula is C26H22Si. The van der Waals surface area contributed by atoms with Crippen LogP contribution >= 0.6 is 0 Å². The minimum absolute atomic E-state index is 1.25. The second kappa shape index (κ2) is 8.48. The maximum Gasteiger partial charge on any atom is 0.133 e. The second-order valence-corrected chi connectivity index (χ2v) is 9.45. The Morgan fingerprint density at radius 3 is 1.37 bits per heavy atom. The minimum atomic E-state index is -1.60. The van der Waals surface area contributed by atoms with E-state index in [4.69, 9.17) is 0 Å². The topological polar surface area (TPSA) is 0 Å². The van der Waals surface area contributed by atoms with Crippen LogP contribution in [0, 0.1) is 0 Å². The molecule has 0 nitrogen and oxygen atoms in total. The summed E-state index contributed by atoms with van der Waals surface area (Å²) in [5.41, 5.74) is 2.56. The Labute approximate surface area is 163 Å². The highest BCUT2D eigenvalue weighted by Gasteiger charge is 2.22. The summed E-state index contributed by atoms with van der Waals surface area (Å²) >= 11 is 0. The van der Waals surface area contributed by atoms with Gasteiger partial charge in [0.2, 0.25) is 0 Å². The Bertz CT molecular complexity index is 952. The van der Waals surface area contributed by atoms with Crippen molar-refractivity contribution < 1.29 is 0 Å². The van der Waals surface area contributed by atoms with Gasteiger partial charge in [0.05, 0.1) is 0 Å². The summed E-state index contributed by atoms with van der Waals surface area (Å²) in [6, 6.07) is 43.4. The van der Waals surface area contributed by atoms with Crippen LogP contribution in [0.4, 0.5) is 0 Å². The van der Waals surface area contributed by atoms with E-state index >= 15 is 0 Å². The SMILES string of the molecule is C(=C(/c1ccccc1)[SiH](c1ccccc1)c1ccccc1)/c1ccccc1. The van der Waals surface area contributed by atoms with Gasteiger partial charge in [-0.3, -0.25) is 0 Å². The molecule has 27 heavy (non-hydrogen) atoms. The summed E-state index contributed by atoms with van der Waals surface area (Å²) in [6.45, 7) is 0. The van der Waals surface area contributed by atoms with Gasteiger partial charge >= 0.3 is 0 Å². The first-order valence-corrected chi connectivity index (χ1v) is 11.1. The third-order valence-corrected chi connectivity index (χ3v) is 8.03. The molecule has 0 aliphatic heterocycles. The first kappa shape index (κ1) is 17.3. The van der Waals surface area contributed by atoms with Gasteiger partial charge in [-0.1, -0.05) is 138 Å². The van der Waals surface area contributed by atoms with Crippen molar-refractivity contribution in [2.24, 2.45) is 0 Å². The van der Waals surface area contributed by atoms with Crippen LogP contribution in [0.2, 0.25) is 0 Å². The summed E-state index contributed by atoms with van der Waals surface area (Å²) in [5, 5.41) is 4.32. The smallest absolute Gasteiger partial charge is 0.0625 e. The zero-order chi connectivity index (χ0) is 18.3. The van der Waals surface area contributed by atoms with Crippen LogP contribution in [0.3, 0.4) is 0 Å². The van der Waals surface area contributed by atoms with Crippen LogP contribution in [0.5, 0.6) is 0 Å². The van der Waals surface area contributed by atoms with Gasteiger partial charge in [-0.15, -0.1) is 0 Å². The molecule has 0 atom stereocenters. The maximum atomic E-state index is 2.38. The second-order valence-electron chi connectivity index (χ2n) is 6.63. The molecule has 0 radical (unpaired) electrons. The average molecular weight is 363 g/mol. The van der Waals surface area contributed by atoms with Crippen molar-refractivity contribution in [1.29, 1.82) is 0 Å². The highest BCUT2D eigenvalue weighted by atomic mass is 28.3. The Morgan fingerprint density at radius 2 is 0.889 bits per heavy atom. The molecule has 0 unspecified atom stereocenters. The molecule has 4 aromatic carbocycles. The molecule has 0 saturated carbocycles. The number of benzene rings is 4. The van der Waals surface area contributed by atoms with E-state index < -0.39 is 8.80 Å². The molecule has 0 saturated heterocycles. The highest BCUT2D eigenvalue weighted by Crippen LogP contribution is 2.21. The molecule has 0 aliphatic rings.